The van der Waals surface area contributed by atoms with Crippen molar-refractivity contribution >= 4 is 11.6 Å². The van der Waals surface area contributed by atoms with E-state index in [0.717, 1.165) is 63.5 Å². The van der Waals surface area contributed by atoms with Crippen LogP contribution < -0.4 is 5.32 Å². The highest BCUT2D eigenvalue weighted by Gasteiger charge is 2.38. The molecule has 4 heteroatoms. The zero-order valence-electron chi connectivity index (χ0n) is 12.4. The van der Waals surface area contributed by atoms with E-state index in [2.05, 4.69) is 11.4 Å². The van der Waals surface area contributed by atoms with E-state index in [4.69, 9.17) is 21.1 Å². The molecule has 2 aliphatic rings. The van der Waals surface area contributed by atoms with E-state index >= 15 is 0 Å². The molecule has 0 saturated carbocycles. The molecular weight excluding hydrogens is 286 g/mol. The van der Waals surface area contributed by atoms with Crippen molar-refractivity contribution in [3.63, 3.8) is 0 Å². The number of hydrogen-bond donors (Lipinski definition) is 1. The van der Waals surface area contributed by atoms with E-state index < -0.39 is 0 Å². The van der Waals surface area contributed by atoms with Crippen LogP contribution in [-0.4, -0.2) is 38.0 Å². The van der Waals surface area contributed by atoms with Gasteiger partial charge in [-0.25, -0.2) is 0 Å². The molecule has 0 aliphatic carbocycles. The van der Waals surface area contributed by atoms with Crippen LogP contribution in [0.1, 0.15) is 31.2 Å². The van der Waals surface area contributed by atoms with Gasteiger partial charge in [-0.15, -0.1) is 0 Å². The van der Waals surface area contributed by atoms with Crippen LogP contribution in [0.3, 0.4) is 0 Å². The highest BCUT2D eigenvalue weighted by atomic mass is 35.5. The number of nitrogens with one attached hydrogen (secondary N) is 1. The molecule has 0 aromatic heterocycles. The molecule has 0 amide bonds. The first kappa shape index (κ1) is 15.3. The van der Waals surface area contributed by atoms with Gasteiger partial charge >= 0.3 is 0 Å². The first-order valence-corrected chi connectivity index (χ1v) is 8.33. The van der Waals surface area contributed by atoms with Crippen molar-refractivity contribution in [2.75, 3.05) is 26.4 Å². The van der Waals surface area contributed by atoms with Crippen LogP contribution in [0.5, 0.6) is 0 Å². The number of rotatable bonds is 4. The van der Waals surface area contributed by atoms with Crippen LogP contribution in [-0.2, 0) is 15.9 Å². The number of hydrogen-bond acceptors (Lipinski definition) is 3. The van der Waals surface area contributed by atoms with Gasteiger partial charge in [0.05, 0.1) is 5.60 Å². The third-order valence-corrected chi connectivity index (χ3v) is 4.87. The van der Waals surface area contributed by atoms with Gasteiger partial charge in [0.25, 0.3) is 0 Å². The smallest absolute Gasteiger partial charge is 0.0741 e. The normalized spacial score (nSPS) is 25.1. The van der Waals surface area contributed by atoms with Crippen LogP contribution in [0.15, 0.2) is 24.3 Å². The van der Waals surface area contributed by atoms with Crippen molar-refractivity contribution in [3.8, 4) is 0 Å². The molecule has 1 aromatic carbocycles. The summed E-state index contributed by atoms with van der Waals surface area (Å²) in [6, 6.07) is 8.69. The van der Waals surface area contributed by atoms with E-state index in [9.17, 15) is 0 Å². The molecule has 2 fully saturated rings. The zero-order chi connectivity index (χ0) is 14.5. The highest BCUT2D eigenvalue weighted by Crippen LogP contribution is 2.34. The van der Waals surface area contributed by atoms with E-state index in [-0.39, 0.29) is 5.60 Å². The van der Waals surface area contributed by atoms with E-state index in [1.165, 1.54) is 5.56 Å². The summed E-state index contributed by atoms with van der Waals surface area (Å²) in [5.41, 5.74) is 1.37. The Balaban J connectivity index is 1.46. The summed E-state index contributed by atoms with van der Waals surface area (Å²) in [5, 5.41) is 4.52. The molecule has 1 N–H and O–H groups in total. The van der Waals surface area contributed by atoms with Crippen molar-refractivity contribution in [1.82, 2.24) is 5.32 Å². The van der Waals surface area contributed by atoms with Gasteiger partial charge < -0.3 is 14.8 Å². The molecule has 0 unspecified atom stereocenters. The van der Waals surface area contributed by atoms with Crippen LogP contribution in [0, 0.1) is 0 Å². The minimum Gasteiger partial charge on any atom is -0.381 e. The molecule has 2 saturated heterocycles. The van der Waals surface area contributed by atoms with E-state index in [1.54, 1.807) is 0 Å². The maximum Gasteiger partial charge on any atom is 0.0741 e. The molecule has 2 aliphatic heterocycles. The van der Waals surface area contributed by atoms with Crippen LogP contribution >= 0.6 is 11.6 Å². The number of halogens is 1. The summed E-state index contributed by atoms with van der Waals surface area (Å²) in [6.45, 7) is 3.55. The van der Waals surface area contributed by atoms with Gasteiger partial charge in [-0.2, -0.15) is 0 Å². The summed E-state index contributed by atoms with van der Waals surface area (Å²) >= 11 is 6.02. The summed E-state index contributed by atoms with van der Waals surface area (Å²) in [5.74, 6) is 0. The fourth-order valence-corrected chi connectivity index (χ4v) is 3.62. The summed E-state index contributed by atoms with van der Waals surface area (Å²) < 4.78 is 11.5. The van der Waals surface area contributed by atoms with Gasteiger partial charge in [0.1, 0.15) is 0 Å². The van der Waals surface area contributed by atoms with Crippen molar-refractivity contribution in [2.45, 2.75) is 43.7 Å². The first-order valence-electron chi connectivity index (χ1n) is 7.95. The molecule has 21 heavy (non-hydrogen) atoms. The minimum atomic E-state index is 0.0736. The largest absolute Gasteiger partial charge is 0.381 e. The maximum atomic E-state index is 6.08. The van der Waals surface area contributed by atoms with Crippen molar-refractivity contribution < 1.29 is 9.47 Å². The Bertz CT molecular complexity index is 454. The van der Waals surface area contributed by atoms with Gasteiger partial charge in [-0.05, 0) is 56.3 Å². The van der Waals surface area contributed by atoms with Crippen molar-refractivity contribution in [3.05, 3.63) is 34.9 Å². The molecule has 1 spiro atoms. The standard InChI is InChI=1S/C17H24ClNO2/c18-15-3-1-2-14(12-15)4-8-19-16-5-9-21-17(13-16)6-10-20-11-7-17/h1-3,12,16,19H,4-11,13H2/t16-/m0/s1. The summed E-state index contributed by atoms with van der Waals surface area (Å²) in [6.07, 6.45) is 5.33. The van der Waals surface area contributed by atoms with Crippen molar-refractivity contribution in [1.29, 1.82) is 0 Å². The van der Waals surface area contributed by atoms with Gasteiger partial charge in [-0.1, -0.05) is 23.7 Å². The van der Waals surface area contributed by atoms with Crippen LogP contribution in [0.2, 0.25) is 5.02 Å². The molecule has 0 bridgehead atoms. The second-order valence-electron chi connectivity index (χ2n) is 6.17. The maximum absolute atomic E-state index is 6.08. The Kier molecular flexibility index (Phi) is 5.17. The van der Waals surface area contributed by atoms with Gasteiger partial charge in [0.15, 0.2) is 0 Å². The van der Waals surface area contributed by atoms with Crippen LogP contribution in [0.25, 0.3) is 0 Å². The lowest BCUT2D eigenvalue weighted by molar-refractivity contribution is -0.140. The van der Waals surface area contributed by atoms with Gasteiger partial charge in [-0.3, -0.25) is 0 Å². The minimum absolute atomic E-state index is 0.0736. The average molecular weight is 310 g/mol. The Morgan fingerprint density at radius 3 is 2.90 bits per heavy atom. The topological polar surface area (TPSA) is 30.5 Å². The fourth-order valence-electron chi connectivity index (χ4n) is 3.41. The van der Waals surface area contributed by atoms with Gasteiger partial charge in [0, 0.05) is 30.9 Å². The second-order valence-corrected chi connectivity index (χ2v) is 6.60. The van der Waals surface area contributed by atoms with E-state index in [0.29, 0.717) is 6.04 Å². The lowest BCUT2D eigenvalue weighted by Crippen LogP contribution is -2.50. The molecular formula is C17H24ClNO2. The van der Waals surface area contributed by atoms with Crippen LogP contribution in [0.4, 0.5) is 0 Å². The Morgan fingerprint density at radius 2 is 2.10 bits per heavy atom. The van der Waals surface area contributed by atoms with E-state index in [1.807, 2.05) is 18.2 Å². The molecule has 0 radical (unpaired) electrons. The Morgan fingerprint density at radius 1 is 1.24 bits per heavy atom. The number of benzene rings is 1. The predicted octanol–water partition coefficient (Wildman–Crippen LogP) is 3.20. The third kappa shape index (κ3) is 4.19. The van der Waals surface area contributed by atoms with Crippen molar-refractivity contribution in [2.24, 2.45) is 0 Å². The fraction of sp³-hybridized carbons (Fsp3) is 0.647. The lowest BCUT2D eigenvalue weighted by atomic mass is 9.84. The highest BCUT2D eigenvalue weighted by molar-refractivity contribution is 6.30. The molecule has 1 aromatic rings. The monoisotopic (exact) mass is 309 g/mol. The number of ether oxygens (including phenoxy) is 2. The quantitative estimate of drug-likeness (QED) is 0.926. The first-order chi connectivity index (χ1) is 10.3. The summed E-state index contributed by atoms with van der Waals surface area (Å²) in [4.78, 5) is 0. The zero-order valence-corrected chi connectivity index (χ0v) is 13.2. The molecule has 3 rings (SSSR count). The Hall–Kier alpha value is -0.610. The third-order valence-electron chi connectivity index (χ3n) is 4.63. The molecule has 1 atom stereocenters. The molecule has 116 valence electrons. The van der Waals surface area contributed by atoms with Gasteiger partial charge in [0.2, 0.25) is 0 Å². The SMILES string of the molecule is Clc1cccc(CCN[C@H]2CCOC3(CCOCC3)C2)c1. The summed E-state index contributed by atoms with van der Waals surface area (Å²) in [7, 11) is 0. The second kappa shape index (κ2) is 7.10. The predicted molar refractivity (Wildman–Crippen MR) is 84.9 cm³/mol. The lowest BCUT2D eigenvalue weighted by Gasteiger charge is -2.43. The average Bonchev–Trinajstić information content (AvgIpc) is 2.48. The molecule has 2 heterocycles. The Labute approximate surface area is 132 Å². The molecule has 3 nitrogen and oxygen atoms in total.